The van der Waals surface area contributed by atoms with Crippen LogP contribution in [-0.2, 0) is 30.8 Å². The van der Waals surface area contributed by atoms with Crippen LogP contribution in [0.4, 0.5) is 36.1 Å². The van der Waals surface area contributed by atoms with Crippen LogP contribution in [0, 0.1) is 23.7 Å². The second-order valence-electron chi connectivity index (χ2n) is 15.1. The lowest BCUT2D eigenvalue weighted by atomic mass is 9.49. The van der Waals surface area contributed by atoms with Gasteiger partial charge in [-0.15, -0.1) is 0 Å². The van der Waals surface area contributed by atoms with Gasteiger partial charge in [0.15, 0.2) is 5.82 Å². The number of hydrogen-bond donors (Lipinski definition) is 3. The van der Waals surface area contributed by atoms with Crippen molar-refractivity contribution < 1.29 is 37.5 Å². The summed E-state index contributed by atoms with van der Waals surface area (Å²) in [4.78, 5) is 64.1. The maximum atomic E-state index is 15.3. The minimum absolute atomic E-state index is 0.0338. The molecule has 3 N–H and O–H groups in total. The van der Waals surface area contributed by atoms with E-state index in [2.05, 4.69) is 15.7 Å². The van der Waals surface area contributed by atoms with Crippen LogP contribution in [0.5, 0.6) is 5.75 Å². The highest BCUT2D eigenvalue weighted by Crippen LogP contribution is 2.64. The summed E-state index contributed by atoms with van der Waals surface area (Å²) in [6.07, 6.45) is -2.17. The van der Waals surface area contributed by atoms with Gasteiger partial charge < -0.3 is 10.4 Å². The minimum Gasteiger partial charge on any atom is -0.508 e. The van der Waals surface area contributed by atoms with E-state index in [0.29, 0.717) is 39.7 Å². The molecule has 15 heteroatoms. The summed E-state index contributed by atoms with van der Waals surface area (Å²) in [5, 5.41) is 14.3. The highest BCUT2D eigenvalue weighted by atomic mass is 35.5. The molecule has 4 amide bonds. The number of pyridine rings is 1. The van der Waals surface area contributed by atoms with Gasteiger partial charge >= 0.3 is 6.18 Å². The first kappa shape index (κ1) is 38.3. The molecule has 0 spiro atoms. The van der Waals surface area contributed by atoms with Crippen LogP contribution in [0.15, 0.2) is 127 Å². The zero-order chi connectivity index (χ0) is 41.4. The number of imide groups is 2. The van der Waals surface area contributed by atoms with Crippen molar-refractivity contribution in [3.05, 3.63) is 154 Å². The summed E-state index contributed by atoms with van der Waals surface area (Å²) in [5.74, 6) is -7.12. The smallest absolute Gasteiger partial charge is 0.417 e. The number of allylic oxidation sites excluding steroid dienone is 2. The normalized spacial score (nSPS) is 25.0. The van der Waals surface area contributed by atoms with E-state index in [-0.39, 0.29) is 30.3 Å². The Morgan fingerprint density at radius 2 is 1.47 bits per heavy atom. The molecule has 1 saturated carbocycles. The van der Waals surface area contributed by atoms with E-state index in [1.54, 1.807) is 60.7 Å². The van der Waals surface area contributed by atoms with E-state index in [4.69, 9.17) is 23.2 Å². The summed E-state index contributed by atoms with van der Waals surface area (Å²) < 4.78 is 40.5. The molecule has 0 radical (unpaired) electrons. The van der Waals surface area contributed by atoms with E-state index in [9.17, 15) is 32.7 Å². The van der Waals surface area contributed by atoms with Gasteiger partial charge in [-0.3, -0.25) is 29.5 Å². The molecule has 3 heterocycles. The van der Waals surface area contributed by atoms with Crippen molar-refractivity contribution in [1.82, 2.24) is 9.99 Å². The Morgan fingerprint density at radius 1 is 0.797 bits per heavy atom. The number of alkyl halides is 3. The van der Waals surface area contributed by atoms with Crippen molar-refractivity contribution in [1.29, 1.82) is 0 Å². The first-order valence-corrected chi connectivity index (χ1v) is 19.5. The summed E-state index contributed by atoms with van der Waals surface area (Å²) >= 11 is 12.6. The highest BCUT2D eigenvalue weighted by molar-refractivity contribution is 6.33. The maximum Gasteiger partial charge on any atom is 0.417 e. The van der Waals surface area contributed by atoms with Gasteiger partial charge in [0.05, 0.1) is 39.4 Å². The van der Waals surface area contributed by atoms with Gasteiger partial charge in [0.2, 0.25) is 11.8 Å². The van der Waals surface area contributed by atoms with Gasteiger partial charge in [-0.05, 0) is 96.6 Å². The van der Waals surface area contributed by atoms with Gasteiger partial charge in [-0.25, -0.2) is 4.98 Å². The number of halogens is 5. The number of para-hydroxylation sites is 1. The van der Waals surface area contributed by atoms with Crippen LogP contribution in [0.3, 0.4) is 0 Å². The number of anilines is 4. The molecule has 0 bridgehead atoms. The second kappa shape index (κ2) is 14.3. The van der Waals surface area contributed by atoms with Gasteiger partial charge in [0.25, 0.3) is 11.8 Å². The third-order valence-electron chi connectivity index (χ3n) is 12.0. The summed E-state index contributed by atoms with van der Waals surface area (Å²) in [6, 6.07) is 29.8. The minimum atomic E-state index is -4.75. The number of carbonyl (C=O) groups is 4. The van der Waals surface area contributed by atoms with E-state index < -0.39 is 69.5 Å². The molecule has 1 aromatic heterocycles. The number of aromatic hydroxyl groups is 1. The summed E-state index contributed by atoms with van der Waals surface area (Å²) in [5.41, 5.74) is 3.43. The molecule has 4 aliphatic rings. The molecule has 0 unspecified atom stereocenters. The predicted molar refractivity (Wildman–Crippen MR) is 214 cm³/mol. The Hall–Kier alpha value is -6.18. The average molecular weight is 839 g/mol. The zero-order valence-electron chi connectivity index (χ0n) is 30.7. The van der Waals surface area contributed by atoms with Gasteiger partial charge in [-0.1, -0.05) is 77.3 Å². The number of hydrazine groups is 1. The molecular weight excluding hydrogens is 806 g/mol. The molecule has 2 aliphatic heterocycles. The number of benzene rings is 4. The van der Waals surface area contributed by atoms with Crippen LogP contribution < -0.4 is 15.6 Å². The van der Waals surface area contributed by atoms with E-state index in [0.717, 1.165) is 16.4 Å². The number of hydrogen-bond acceptors (Lipinski definition) is 8. The number of carbonyl (C=O) groups excluding carboxylic acids is 4. The monoisotopic (exact) mass is 837 g/mol. The number of amides is 4. The molecule has 6 atom stereocenters. The highest BCUT2D eigenvalue weighted by Gasteiger charge is 2.70. The van der Waals surface area contributed by atoms with Gasteiger partial charge in [-0.2, -0.15) is 18.2 Å². The number of nitrogens with one attached hydrogen (secondary N) is 2. The number of nitrogens with zero attached hydrogens (tertiary/aromatic N) is 3. The number of phenolic OH excluding ortho intramolecular Hbond substituents is 1. The van der Waals surface area contributed by atoms with Gasteiger partial charge in [0, 0.05) is 28.5 Å². The molecule has 3 fully saturated rings. The van der Waals surface area contributed by atoms with Crippen molar-refractivity contribution in [3.8, 4) is 5.75 Å². The molecular formula is C44H32Cl2F3N5O5. The lowest BCUT2D eigenvalue weighted by Crippen LogP contribution is -2.53. The molecule has 2 saturated heterocycles. The first-order chi connectivity index (χ1) is 28.3. The first-order valence-electron chi connectivity index (χ1n) is 18.7. The Kier molecular flexibility index (Phi) is 9.28. The molecule has 10 nitrogen and oxygen atoms in total. The number of fused-ring (bicyclic) bond motifs is 4. The third kappa shape index (κ3) is 6.22. The van der Waals surface area contributed by atoms with E-state index in [1.807, 2.05) is 36.4 Å². The van der Waals surface area contributed by atoms with Crippen molar-refractivity contribution in [2.24, 2.45) is 23.7 Å². The fraction of sp³-hybridized carbons (Fsp3) is 0.205. The lowest BCUT2D eigenvalue weighted by molar-refractivity contribution is -0.139. The predicted octanol–water partition coefficient (Wildman–Crippen LogP) is 9.05. The van der Waals surface area contributed by atoms with Crippen molar-refractivity contribution in [2.75, 3.05) is 15.6 Å². The fourth-order valence-electron chi connectivity index (χ4n) is 9.46. The van der Waals surface area contributed by atoms with Crippen LogP contribution >= 0.6 is 23.2 Å². The third-order valence-corrected chi connectivity index (χ3v) is 12.5. The standard InChI is InChI=1S/C44H32Cl2F3N5O5/c45-26-10-8-24(9-11-26)43-34(40(57)54(42(43)59)52-38-35(46)20-25(22-50-38)44(47,48)49)21-33-31(37(43)23-6-16-30(55)17-7-23)18-19-32-36(33)41(58)53(39(32)56)29-14-12-28(13-15-29)51-27-4-2-1-3-5-27/h1-18,20,22,32-34,36-37,51,55H,19,21H2,(H,50,52)/t32-,33+,34-,36-,37-,43+/m0/s1. The Morgan fingerprint density at radius 3 is 2.14 bits per heavy atom. The molecule has 298 valence electrons. The van der Waals surface area contributed by atoms with Crippen molar-refractivity contribution in [2.45, 2.75) is 30.4 Å². The Bertz CT molecular complexity index is 2560. The maximum absolute atomic E-state index is 15.3. The quantitative estimate of drug-likeness (QED) is 0.109. The SMILES string of the molecule is O=C1[C@@H]2C[C@@H]3C(=CC[C@@H]4C(=O)N(c5ccc(Nc6ccccc6)cc5)C(=O)[C@@H]43)[C@H](c3ccc(O)cc3)[C@]2(c2ccc(Cl)cc2)C(=O)N1Nc1ncc(C(F)(F)F)cc1Cl. The number of aromatic nitrogens is 1. The molecule has 59 heavy (non-hydrogen) atoms. The molecule has 5 aromatic rings. The topological polar surface area (TPSA) is 132 Å². The van der Waals surface area contributed by atoms with Crippen LogP contribution in [0.2, 0.25) is 10.0 Å². The molecule has 2 aliphatic carbocycles. The average Bonchev–Trinajstić information content (AvgIpc) is 3.60. The lowest BCUT2D eigenvalue weighted by Gasteiger charge is -2.50. The summed E-state index contributed by atoms with van der Waals surface area (Å²) in [6.45, 7) is 0. The Balaban J connectivity index is 1.14. The van der Waals surface area contributed by atoms with E-state index in [1.165, 1.54) is 17.0 Å². The van der Waals surface area contributed by atoms with Gasteiger partial charge in [0.1, 0.15) is 5.75 Å². The fourth-order valence-corrected chi connectivity index (χ4v) is 9.80. The number of phenols is 1. The van der Waals surface area contributed by atoms with Crippen LogP contribution in [0.25, 0.3) is 0 Å². The largest absolute Gasteiger partial charge is 0.508 e. The van der Waals surface area contributed by atoms with Crippen molar-refractivity contribution in [3.63, 3.8) is 0 Å². The number of rotatable bonds is 7. The van der Waals surface area contributed by atoms with E-state index >= 15 is 4.79 Å². The van der Waals surface area contributed by atoms with Crippen LogP contribution in [-0.4, -0.2) is 38.7 Å². The summed E-state index contributed by atoms with van der Waals surface area (Å²) in [7, 11) is 0. The van der Waals surface area contributed by atoms with Crippen molar-refractivity contribution >= 4 is 69.7 Å². The van der Waals surface area contributed by atoms with Crippen LogP contribution in [0.1, 0.15) is 35.4 Å². The zero-order valence-corrected chi connectivity index (χ0v) is 32.2. The second-order valence-corrected chi connectivity index (χ2v) is 15.9. The molecule has 9 rings (SSSR count). The Labute approximate surface area is 345 Å². The molecule has 4 aromatic carbocycles.